The smallest absolute Gasteiger partial charge is 0.303 e. The predicted octanol–water partition coefficient (Wildman–Crippen LogP) is -1.40. The number of nitrogens with zero attached hydrogens (tertiary/aromatic N) is 1. The van der Waals surface area contributed by atoms with Crippen molar-refractivity contribution in [2.24, 2.45) is 0 Å². The molecule has 0 bridgehead atoms. The van der Waals surface area contributed by atoms with E-state index in [9.17, 15) is 48.3 Å². The second-order valence-electron chi connectivity index (χ2n) is 29.5. The molecule has 44 nitrogen and oxygen atoms in total. The normalized spacial score (nSPS) is 38.5. The van der Waals surface area contributed by atoms with Crippen molar-refractivity contribution < 1.29 is 205 Å². The topological polar surface area (TPSA) is 482 Å². The van der Waals surface area contributed by atoms with Crippen molar-refractivity contribution in [3.05, 3.63) is 35.4 Å². The Morgan fingerprint density at radius 1 is 0.295 bits per heavy atom. The van der Waals surface area contributed by atoms with Gasteiger partial charge in [0.05, 0.1) is 50.2 Å². The molecule has 1 N–H and O–H groups in total. The highest BCUT2D eigenvalue weighted by Crippen LogP contribution is 2.44. The number of amides is 2. The minimum Gasteiger partial charge on any atom is -0.463 e. The number of methoxy groups -OCH3 is 13. The Morgan fingerprint density at radius 3 is 0.836 bits per heavy atom. The lowest BCUT2D eigenvalue weighted by Gasteiger charge is -2.52. The van der Waals surface area contributed by atoms with Crippen molar-refractivity contribution in [3.63, 3.8) is 0 Å². The van der Waals surface area contributed by atoms with Crippen molar-refractivity contribution in [2.75, 3.05) is 139 Å². The molecule has 1 aromatic carbocycles. The third-order valence-corrected chi connectivity index (χ3v) is 21.7. The van der Waals surface area contributed by atoms with E-state index >= 15 is 0 Å². The summed E-state index contributed by atoms with van der Waals surface area (Å²) in [5.74, 6) is -8.40. The molecule has 122 heavy (non-hydrogen) atoms. The van der Waals surface area contributed by atoms with Crippen molar-refractivity contribution >= 4 is 53.6 Å². The molecular formula is C78H117NO43. The van der Waals surface area contributed by atoms with Gasteiger partial charge in [-0.1, -0.05) is 12.1 Å². The molecule has 7 fully saturated rings. The molecule has 9 rings (SSSR count). The summed E-state index contributed by atoms with van der Waals surface area (Å²) in [6.45, 7) is 5.67. The van der Waals surface area contributed by atoms with Crippen LogP contribution < -0.4 is 0 Å². The molecule has 8 aliphatic rings. The molecule has 2 amide bonds. The van der Waals surface area contributed by atoms with Crippen LogP contribution in [0.5, 0.6) is 0 Å². The van der Waals surface area contributed by atoms with Gasteiger partial charge in [-0.25, -0.2) is 0 Å². The number of carbonyl (C=O) groups excluding carboxylic acids is 9. The molecule has 692 valence electrons. The fraction of sp³-hybridized carbons (Fsp3) is 0.808. The lowest BCUT2D eigenvalue weighted by Crippen LogP contribution is -2.70. The van der Waals surface area contributed by atoms with Gasteiger partial charge in [0.2, 0.25) is 0 Å². The summed E-state index contributed by atoms with van der Waals surface area (Å²) in [6, 6.07) is 6.02. The van der Waals surface area contributed by atoms with Crippen LogP contribution in [0, 0.1) is 0 Å². The van der Waals surface area contributed by atoms with E-state index in [1.807, 2.05) is 0 Å². The number of ether oxygens (including phenoxy) is 33. The Kier molecular flexibility index (Phi) is 37.7. The van der Waals surface area contributed by atoms with E-state index in [0.717, 1.165) is 53.4 Å². The Labute approximate surface area is 704 Å². The second kappa shape index (κ2) is 46.3. The van der Waals surface area contributed by atoms with Crippen LogP contribution >= 0.6 is 0 Å². The average Bonchev–Trinajstić information content (AvgIpc) is 1.10. The largest absolute Gasteiger partial charge is 0.463 e. The number of benzene rings is 1. The maximum Gasteiger partial charge on any atom is 0.303 e. The number of fused-ring (bicyclic) bond motifs is 1. The van der Waals surface area contributed by atoms with E-state index in [2.05, 4.69) is 0 Å². The van der Waals surface area contributed by atoms with Gasteiger partial charge < -0.3 is 161 Å². The molecule has 8 aliphatic heterocycles. The third-order valence-electron chi connectivity index (χ3n) is 21.7. The third kappa shape index (κ3) is 23.1. The Morgan fingerprint density at radius 2 is 0.541 bits per heavy atom. The summed E-state index contributed by atoms with van der Waals surface area (Å²) in [5, 5.41) is 10.6. The van der Waals surface area contributed by atoms with Gasteiger partial charge in [-0.15, -0.1) is 0 Å². The summed E-state index contributed by atoms with van der Waals surface area (Å²) in [6.07, 6.45) is -48.0. The lowest BCUT2D eigenvalue weighted by atomic mass is 9.94. The van der Waals surface area contributed by atoms with Gasteiger partial charge in [0, 0.05) is 141 Å². The van der Waals surface area contributed by atoms with Crippen LogP contribution in [0.1, 0.15) is 76.1 Å². The van der Waals surface area contributed by atoms with Crippen LogP contribution in [-0.2, 0) is 190 Å². The van der Waals surface area contributed by atoms with E-state index in [-0.39, 0.29) is 30.9 Å². The molecule has 7 saturated heterocycles. The van der Waals surface area contributed by atoms with Crippen molar-refractivity contribution in [2.45, 2.75) is 270 Å². The molecule has 1 aromatic rings. The molecule has 8 heterocycles. The fourth-order valence-corrected chi connectivity index (χ4v) is 16.7. The Bertz CT molecular complexity index is 3530. The van der Waals surface area contributed by atoms with E-state index in [0.29, 0.717) is 0 Å². The van der Waals surface area contributed by atoms with Crippen molar-refractivity contribution in [3.8, 4) is 0 Å². The zero-order valence-corrected chi connectivity index (χ0v) is 72.0. The Hall–Kier alpha value is -6.43. The highest BCUT2D eigenvalue weighted by atomic mass is 16.8. The van der Waals surface area contributed by atoms with Crippen molar-refractivity contribution in [1.82, 2.24) is 4.90 Å². The second-order valence-corrected chi connectivity index (χ2v) is 29.5. The van der Waals surface area contributed by atoms with Crippen LogP contribution in [0.25, 0.3) is 0 Å². The van der Waals surface area contributed by atoms with Gasteiger partial charge in [-0.05, 0) is 19.1 Å². The summed E-state index contributed by atoms with van der Waals surface area (Å²) in [5.41, 5.74) is 0.0561. The molecular weight excluding hydrogens is 1640 g/mol. The highest BCUT2D eigenvalue weighted by Gasteiger charge is 2.63. The van der Waals surface area contributed by atoms with E-state index in [1.165, 1.54) is 105 Å². The van der Waals surface area contributed by atoms with Crippen LogP contribution in [-0.4, -0.2) is 417 Å². The summed E-state index contributed by atoms with van der Waals surface area (Å²) in [4.78, 5) is 121. The van der Waals surface area contributed by atoms with Gasteiger partial charge in [-0.2, -0.15) is 0 Å². The van der Waals surface area contributed by atoms with Gasteiger partial charge in [0.15, 0.2) is 68.3 Å². The zero-order chi connectivity index (χ0) is 89.2. The first-order chi connectivity index (χ1) is 58.4. The number of aliphatic hydroxyl groups excluding tert-OH is 1. The molecule has 44 heteroatoms. The quantitative estimate of drug-likeness (QED) is 0.0448. The summed E-state index contributed by atoms with van der Waals surface area (Å²) in [7, 11) is 18.3. The van der Waals surface area contributed by atoms with Crippen molar-refractivity contribution in [1.29, 1.82) is 0 Å². The molecule has 0 aliphatic carbocycles. The number of esters is 7. The molecule has 0 aromatic heterocycles. The standard InChI is InChI=1S/C78H117NO43/c1-33-50(93-12)58(94-13)52(44(27-80)105-33)118-74-66(100-19)61(97-16)54(46(112-74)29-91-10)120-76-68(102-21)62(98-17)55(47(114-76)30-92-11)121-75-67(101-20)60(96-15)53(45(113-75)28-90-9)119-73-65(99-18)59(95-14)51(43(111-73)26-79-71(88)41-24-22-23-25-42(41)72(79)89)117-77-70(110-40(8)87)64(108-38(6)85)57(49(116-77)32-104-35(3)82)122-78-69(109-39(7)86)63(107-37(5)84)56(106-36(4)83)48(115-78)31-103-34(2)81/h22-25,33,43-70,73-78,80H,26-32H2,1-21H3/t33-,43?,44?,45?,46-,47-,48-,49-,50?,51+,52+,53+,54+,55+,56+,57+,58+,59-,60-,61?,62?,63?,64?,65?,66?,67?,68?,69?,70?,73+,74-,75-,76-,77-,78+/m0/s1. The number of carbonyl (C=O) groups is 9. The maximum absolute atomic E-state index is 14.6. The van der Waals surface area contributed by atoms with E-state index in [1.54, 1.807) is 19.1 Å². The SMILES string of the molecule is COCC1O[C@@H](O[C@H]2C(OC)C(OC)[C@H](O[C@H]3C(OC)C(OC)[C@H](O[C@@H]4C(CO)O[C@@H](C)C(OC)[C@H]4OC)O[C@H]3COC)O[C@H]2COC)C(OC)[C@@H](OC)[C@@H]1O[C@H]1OC(CN2C(=O)c3ccccc3C2=O)[C@@H](O[C@@H]2O[C@@H](COC(C)=O)[C@@H](O[C@H]3O[C@@H](COC(C)=O)[C@@H](OC(C)=O)C(OC(C)=O)C3OC(C)=O)C(OC(C)=O)C2OC(C)=O)[C@H](OC)C1OC. The number of hydrogen-bond donors (Lipinski definition) is 1. The fourth-order valence-electron chi connectivity index (χ4n) is 16.7. The van der Waals surface area contributed by atoms with Crippen LogP contribution in [0.3, 0.4) is 0 Å². The lowest BCUT2D eigenvalue weighted by molar-refractivity contribution is -0.401. The molecule has 0 spiro atoms. The molecule has 0 saturated carbocycles. The van der Waals surface area contributed by atoms with E-state index < -0.39 is 295 Å². The first-order valence-corrected chi connectivity index (χ1v) is 39.4. The Balaban J connectivity index is 1.04. The van der Waals surface area contributed by atoms with Gasteiger partial charge in [-0.3, -0.25) is 48.1 Å². The van der Waals surface area contributed by atoms with Gasteiger partial charge >= 0.3 is 41.8 Å². The number of rotatable bonds is 40. The minimum atomic E-state index is -2.06. The zero-order valence-electron chi connectivity index (χ0n) is 72.0. The molecule has 35 atom stereocenters. The van der Waals surface area contributed by atoms with Crippen LogP contribution in [0.2, 0.25) is 0 Å². The summed E-state index contributed by atoms with van der Waals surface area (Å²) >= 11 is 0. The number of aliphatic hydroxyl groups is 1. The van der Waals surface area contributed by atoms with Crippen LogP contribution in [0.4, 0.5) is 0 Å². The number of imide groups is 1. The predicted molar refractivity (Wildman–Crippen MR) is 399 cm³/mol. The first kappa shape index (κ1) is 99.3. The van der Waals surface area contributed by atoms with Gasteiger partial charge in [0.1, 0.15) is 154 Å². The summed E-state index contributed by atoms with van der Waals surface area (Å²) < 4.78 is 206. The average molecular weight is 1760 g/mol. The first-order valence-electron chi connectivity index (χ1n) is 39.4. The van der Waals surface area contributed by atoms with Crippen LogP contribution in [0.15, 0.2) is 24.3 Å². The molecule has 14 unspecified atom stereocenters. The van der Waals surface area contributed by atoms with E-state index in [4.69, 9.17) is 156 Å². The highest BCUT2D eigenvalue weighted by molar-refractivity contribution is 6.21. The number of hydrogen-bond acceptors (Lipinski definition) is 43. The minimum absolute atomic E-state index is 0.0281. The monoisotopic (exact) mass is 1760 g/mol. The molecule has 0 radical (unpaired) electrons. The van der Waals surface area contributed by atoms with Gasteiger partial charge in [0.25, 0.3) is 11.8 Å². The maximum atomic E-state index is 14.6.